The number of amides is 1. The van der Waals surface area contributed by atoms with E-state index in [1.165, 1.54) is 10.9 Å². The predicted octanol–water partition coefficient (Wildman–Crippen LogP) is 1.76. The van der Waals surface area contributed by atoms with E-state index in [4.69, 9.17) is 0 Å². The lowest BCUT2D eigenvalue weighted by Crippen LogP contribution is -2.43. The zero-order valence-corrected chi connectivity index (χ0v) is 16.2. The summed E-state index contributed by atoms with van der Waals surface area (Å²) in [6.45, 7) is 0.938. The molecule has 0 unspecified atom stereocenters. The molecule has 1 amide bonds. The number of benzene rings is 1. The monoisotopic (exact) mass is 394 g/mol. The molecule has 0 radical (unpaired) electrons. The van der Waals surface area contributed by atoms with Gasteiger partial charge in [0.25, 0.3) is 0 Å². The first-order chi connectivity index (χ1) is 12.5. The molecule has 26 heavy (non-hydrogen) atoms. The zero-order chi connectivity index (χ0) is 18.6. The first-order valence-corrected chi connectivity index (χ1v) is 11.0. The maximum Gasteiger partial charge on any atom is 0.249 e. The van der Waals surface area contributed by atoms with Gasteiger partial charge in [0, 0.05) is 37.2 Å². The second kappa shape index (κ2) is 8.22. The maximum absolute atomic E-state index is 12.6. The van der Waals surface area contributed by atoms with Crippen LogP contribution in [0.1, 0.15) is 19.3 Å². The molecule has 2 heterocycles. The molecule has 0 spiro atoms. The Morgan fingerprint density at radius 3 is 2.54 bits per heavy atom. The number of aromatic nitrogens is 3. The standard InChI is InChI=1S/C17H22N4O3S2/c1-20-13-18-19-17(20)26(23,24)15-7-10-21(11-8-15)16(22)9-12-25-14-5-3-2-4-6-14/h2-6,13,15H,7-12H2,1H3. The third kappa shape index (κ3) is 4.27. The van der Waals surface area contributed by atoms with Crippen molar-refractivity contribution in [3.8, 4) is 0 Å². The van der Waals surface area contributed by atoms with E-state index in [-0.39, 0.29) is 11.1 Å². The van der Waals surface area contributed by atoms with E-state index < -0.39 is 15.1 Å². The second-order valence-electron chi connectivity index (χ2n) is 6.26. The molecule has 9 heteroatoms. The topological polar surface area (TPSA) is 85.2 Å². The molecule has 7 nitrogen and oxygen atoms in total. The Bertz CT molecular complexity index is 844. The van der Waals surface area contributed by atoms with Crippen LogP contribution in [0.15, 0.2) is 46.7 Å². The van der Waals surface area contributed by atoms with E-state index >= 15 is 0 Å². The van der Waals surface area contributed by atoms with Crippen LogP contribution in [0, 0.1) is 0 Å². The van der Waals surface area contributed by atoms with Crippen LogP contribution in [0.4, 0.5) is 0 Å². The molecule has 0 N–H and O–H groups in total. The normalized spacial score (nSPS) is 16.0. The molecule has 3 rings (SSSR count). The van der Waals surface area contributed by atoms with Gasteiger partial charge in [0.1, 0.15) is 6.33 Å². The molecule has 1 aromatic heterocycles. The molecule has 2 aromatic rings. The summed E-state index contributed by atoms with van der Waals surface area (Å²) in [6.07, 6.45) is 2.72. The molecule has 1 aliphatic heterocycles. The van der Waals surface area contributed by atoms with Gasteiger partial charge in [-0.2, -0.15) is 0 Å². The van der Waals surface area contributed by atoms with Gasteiger partial charge in [-0.1, -0.05) is 18.2 Å². The molecule has 1 aromatic carbocycles. The Morgan fingerprint density at radius 2 is 1.92 bits per heavy atom. The van der Waals surface area contributed by atoms with E-state index in [9.17, 15) is 13.2 Å². The highest BCUT2D eigenvalue weighted by Gasteiger charge is 2.35. The molecule has 1 aliphatic rings. The van der Waals surface area contributed by atoms with Gasteiger partial charge in [0.2, 0.25) is 20.9 Å². The van der Waals surface area contributed by atoms with Crippen molar-refractivity contribution in [3.05, 3.63) is 36.7 Å². The minimum Gasteiger partial charge on any atom is -0.343 e. The van der Waals surface area contributed by atoms with Crippen molar-refractivity contribution in [1.29, 1.82) is 0 Å². The molecule has 0 atom stereocenters. The average Bonchev–Trinajstić information content (AvgIpc) is 3.09. The third-order valence-electron chi connectivity index (χ3n) is 4.49. The summed E-state index contributed by atoms with van der Waals surface area (Å²) in [5.41, 5.74) is 0. The van der Waals surface area contributed by atoms with Crippen molar-refractivity contribution >= 4 is 27.5 Å². The SMILES string of the molecule is Cn1cnnc1S(=O)(=O)C1CCN(C(=O)CCSc2ccccc2)CC1. The van der Waals surface area contributed by atoms with Gasteiger partial charge in [0.15, 0.2) is 0 Å². The second-order valence-corrected chi connectivity index (χ2v) is 9.55. The lowest BCUT2D eigenvalue weighted by molar-refractivity contribution is -0.131. The molecule has 1 saturated heterocycles. The van der Waals surface area contributed by atoms with Crippen LogP contribution in [-0.2, 0) is 21.7 Å². The Morgan fingerprint density at radius 1 is 1.23 bits per heavy atom. The van der Waals surface area contributed by atoms with Crippen molar-refractivity contribution in [2.45, 2.75) is 34.6 Å². The van der Waals surface area contributed by atoms with Crippen LogP contribution < -0.4 is 0 Å². The van der Waals surface area contributed by atoms with E-state index in [1.54, 1.807) is 23.7 Å². The number of aryl methyl sites for hydroxylation is 1. The van der Waals surface area contributed by atoms with Crippen LogP contribution in [0.3, 0.4) is 0 Å². The van der Waals surface area contributed by atoms with Crippen molar-refractivity contribution in [2.24, 2.45) is 7.05 Å². The lowest BCUT2D eigenvalue weighted by Gasteiger charge is -2.31. The number of carbonyl (C=O) groups is 1. The molecule has 140 valence electrons. The largest absolute Gasteiger partial charge is 0.343 e. The Balaban J connectivity index is 1.49. The molecule has 0 aliphatic carbocycles. The lowest BCUT2D eigenvalue weighted by atomic mass is 10.1. The minimum atomic E-state index is -3.50. The van der Waals surface area contributed by atoms with Crippen LogP contribution in [0.25, 0.3) is 0 Å². The number of carbonyl (C=O) groups excluding carboxylic acids is 1. The van der Waals surface area contributed by atoms with Crippen molar-refractivity contribution in [3.63, 3.8) is 0 Å². The average molecular weight is 395 g/mol. The zero-order valence-electron chi connectivity index (χ0n) is 14.6. The number of hydrogen-bond donors (Lipinski definition) is 0. The summed E-state index contributed by atoms with van der Waals surface area (Å²) in [6, 6.07) is 9.98. The van der Waals surface area contributed by atoms with Gasteiger partial charge in [-0.15, -0.1) is 22.0 Å². The van der Waals surface area contributed by atoms with Crippen LogP contribution in [0.5, 0.6) is 0 Å². The molecular weight excluding hydrogens is 372 g/mol. The highest BCUT2D eigenvalue weighted by atomic mass is 32.2. The number of thioether (sulfide) groups is 1. The van der Waals surface area contributed by atoms with E-state index in [1.807, 2.05) is 30.3 Å². The molecule has 0 bridgehead atoms. The number of hydrogen-bond acceptors (Lipinski definition) is 6. The van der Waals surface area contributed by atoms with Crippen molar-refractivity contribution in [1.82, 2.24) is 19.7 Å². The van der Waals surface area contributed by atoms with E-state index in [0.29, 0.717) is 32.4 Å². The fraction of sp³-hybridized carbons (Fsp3) is 0.471. The summed E-state index contributed by atoms with van der Waals surface area (Å²) in [5.74, 6) is 0.808. The van der Waals surface area contributed by atoms with Gasteiger partial charge < -0.3 is 9.47 Å². The highest BCUT2D eigenvalue weighted by molar-refractivity contribution is 7.99. The third-order valence-corrected chi connectivity index (χ3v) is 7.73. The Kier molecular flexibility index (Phi) is 5.98. The summed E-state index contributed by atoms with van der Waals surface area (Å²) in [7, 11) is -1.88. The highest BCUT2D eigenvalue weighted by Crippen LogP contribution is 2.24. The summed E-state index contributed by atoms with van der Waals surface area (Å²) >= 11 is 1.66. The Labute approximate surface area is 157 Å². The molecular formula is C17H22N4O3S2. The van der Waals surface area contributed by atoms with Gasteiger partial charge in [-0.05, 0) is 25.0 Å². The van der Waals surface area contributed by atoms with Gasteiger partial charge >= 0.3 is 0 Å². The number of sulfone groups is 1. The fourth-order valence-corrected chi connectivity index (χ4v) is 5.63. The first kappa shape index (κ1) is 18.9. The van der Waals surface area contributed by atoms with Crippen molar-refractivity contribution < 1.29 is 13.2 Å². The predicted molar refractivity (Wildman–Crippen MR) is 99.6 cm³/mol. The van der Waals surface area contributed by atoms with Crippen LogP contribution >= 0.6 is 11.8 Å². The van der Waals surface area contributed by atoms with Gasteiger partial charge in [-0.25, -0.2) is 8.42 Å². The summed E-state index contributed by atoms with van der Waals surface area (Å²) in [4.78, 5) is 15.3. The van der Waals surface area contributed by atoms with Gasteiger partial charge in [0.05, 0.1) is 5.25 Å². The molecule has 1 fully saturated rings. The van der Waals surface area contributed by atoms with E-state index in [2.05, 4.69) is 10.2 Å². The Hall–Kier alpha value is -1.87. The number of rotatable bonds is 6. The minimum absolute atomic E-state index is 0.00142. The van der Waals surface area contributed by atoms with Crippen LogP contribution in [0.2, 0.25) is 0 Å². The van der Waals surface area contributed by atoms with E-state index in [0.717, 1.165) is 10.6 Å². The fourth-order valence-electron chi connectivity index (χ4n) is 3.03. The number of likely N-dealkylation sites (tertiary alicyclic amines) is 1. The first-order valence-electron chi connectivity index (χ1n) is 8.52. The number of piperidine rings is 1. The number of nitrogens with zero attached hydrogens (tertiary/aromatic N) is 4. The smallest absolute Gasteiger partial charge is 0.249 e. The molecule has 0 saturated carbocycles. The summed E-state index contributed by atoms with van der Waals surface area (Å²) < 4.78 is 26.7. The van der Waals surface area contributed by atoms with Crippen LogP contribution in [-0.4, -0.2) is 58.1 Å². The van der Waals surface area contributed by atoms with Crippen molar-refractivity contribution in [2.75, 3.05) is 18.8 Å². The maximum atomic E-state index is 12.6. The quantitative estimate of drug-likeness (QED) is 0.694. The summed E-state index contributed by atoms with van der Waals surface area (Å²) in [5, 5.41) is 6.87. The van der Waals surface area contributed by atoms with Gasteiger partial charge in [-0.3, -0.25) is 4.79 Å².